The molecule has 0 unspecified atom stereocenters. The molecular formula is C14H20N2O2. The molecule has 1 aromatic rings. The first-order chi connectivity index (χ1) is 8.70. The molecule has 2 rings (SSSR count). The summed E-state index contributed by atoms with van der Waals surface area (Å²) in [5, 5.41) is 0. The molecule has 0 bridgehead atoms. The number of hydrogen-bond acceptors (Lipinski definition) is 4. The molecule has 0 radical (unpaired) electrons. The van der Waals surface area contributed by atoms with Crippen molar-refractivity contribution in [2.45, 2.75) is 32.4 Å². The number of ether oxygens (including phenoxy) is 1. The molecule has 0 atom stereocenters. The predicted molar refractivity (Wildman–Crippen MR) is 70.9 cm³/mol. The van der Waals surface area contributed by atoms with Crippen molar-refractivity contribution in [3.05, 3.63) is 29.8 Å². The molecule has 0 aromatic heterocycles. The second kappa shape index (κ2) is 5.87. The summed E-state index contributed by atoms with van der Waals surface area (Å²) < 4.78 is 5.01. The number of nitrogen functional groups attached to an aromatic ring is 1. The van der Waals surface area contributed by atoms with Crippen LogP contribution in [0.1, 0.15) is 25.3 Å². The lowest BCUT2D eigenvalue weighted by Crippen LogP contribution is -2.32. The second-order valence-electron chi connectivity index (χ2n) is 4.64. The maximum absolute atomic E-state index is 11.6. The van der Waals surface area contributed by atoms with Crippen LogP contribution in [0.15, 0.2) is 24.3 Å². The molecule has 4 nitrogen and oxygen atoms in total. The zero-order valence-electron chi connectivity index (χ0n) is 10.8. The quantitative estimate of drug-likeness (QED) is 0.616. The minimum Gasteiger partial charge on any atom is -0.465 e. The molecule has 1 aliphatic rings. The van der Waals surface area contributed by atoms with Crippen LogP contribution < -0.4 is 5.73 Å². The molecular weight excluding hydrogens is 228 g/mol. The van der Waals surface area contributed by atoms with Gasteiger partial charge in [-0.05, 0) is 31.4 Å². The maximum atomic E-state index is 11.6. The fraction of sp³-hybridized carbons (Fsp3) is 0.500. The Bertz CT molecular complexity index is 416. The molecule has 98 valence electrons. The van der Waals surface area contributed by atoms with Crippen LogP contribution in [0.3, 0.4) is 0 Å². The van der Waals surface area contributed by atoms with Crippen LogP contribution in [-0.2, 0) is 16.1 Å². The van der Waals surface area contributed by atoms with Gasteiger partial charge in [0, 0.05) is 18.3 Å². The van der Waals surface area contributed by atoms with E-state index < -0.39 is 0 Å². The van der Waals surface area contributed by atoms with Gasteiger partial charge in [-0.2, -0.15) is 0 Å². The molecule has 1 aliphatic carbocycles. The molecule has 4 heteroatoms. The van der Waals surface area contributed by atoms with E-state index in [1.165, 1.54) is 0 Å². The third-order valence-electron chi connectivity index (χ3n) is 3.13. The largest absolute Gasteiger partial charge is 0.465 e. The van der Waals surface area contributed by atoms with Crippen molar-refractivity contribution in [2.75, 3.05) is 18.9 Å². The topological polar surface area (TPSA) is 55.6 Å². The van der Waals surface area contributed by atoms with E-state index in [0.29, 0.717) is 19.2 Å². The Hall–Kier alpha value is -1.55. The standard InChI is InChI=1S/C14H20N2O2/c1-2-18-14(17)10-16(12-7-8-12)9-11-5-3-4-6-13(11)15/h3-6,12H,2,7-10,15H2,1H3. The minimum atomic E-state index is -0.154. The van der Waals surface area contributed by atoms with Gasteiger partial charge >= 0.3 is 5.97 Å². The van der Waals surface area contributed by atoms with Crippen molar-refractivity contribution in [3.8, 4) is 0 Å². The number of para-hydroxylation sites is 1. The van der Waals surface area contributed by atoms with Crippen molar-refractivity contribution in [3.63, 3.8) is 0 Å². The number of benzene rings is 1. The van der Waals surface area contributed by atoms with Crippen LogP contribution in [0.4, 0.5) is 5.69 Å². The Morgan fingerprint density at radius 1 is 1.44 bits per heavy atom. The molecule has 0 saturated heterocycles. The summed E-state index contributed by atoms with van der Waals surface area (Å²) in [4.78, 5) is 13.7. The summed E-state index contributed by atoms with van der Waals surface area (Å²) >= 11 is 0. The molecule has 0 amide bonds. The zero-order valence-corrected chi connectivity index (χ0v) is 10.8. The van der Waals surface area contributed by atoms with E-state index in [2.05, 4.69) is 4.90 Å². The van der Waals surface area contributed by atoms with E-state index in [1.807, 2.05) is 31.2 Å². The zero-order chi connectivity index (χ0) is 13.0. The number of carbonyl (C=O) groups excluding carboxylic acids is 1. The highest BCUT2D eigenvalue weighted by Crippen LogP contribution is 2.29. The first-order valence-corrected chi connectivity index (χ1v) is 6.43. The molecule has 1 fully saturated rings. The SMILES string of the molecule is CCOC(=O)CN(Cc1ccccc1N)C1CC1. The first-order valence-electron chi connectivity index (χ1n) is 6.43. The number of nitrogens with zero attached hydrogens (tertiary/aromatic N) is 1. The summed E-state index contributed by atoms with van der Waals surface area (Å²) in [6.07, 6.45) is 2.32. The van der Waals surface area contributed by atoms with Gasteiger partial charge in [0.15, 0.2) is 0 Å². The lowest BCUT2D eigenvalue weighted by atomic mass is 10.1. The van der Waals surface area contributed by atoms with E-state index in [0.717, 1.165) is 30.6 Å². The summed E-state index contributed by atoms with van der Waals surface area (Å²) in [5.41, 5.74) is 7.80. The average molecular weight is 248 g/mol. The van der Waals surface area contributed by atoms with E-state index >= 15 is 0 Å². The van der Waals surface area contributed by atoms with Crippen LogP contribution in [0.2, 0.25) is 0 Å². The predicted octanol–water partition coefficient (Wildman–Crippen LogP) is 1.80. The van der Waals surface area contributed by atoms with Crippen LogP contribution in [0.25, 0.3) is 0 Å². The van der Waals surface area contributed by atoms with E-state index in [4.69, 9.17) is 10.5 Å². The van der Waals surface area contributed by atoms with Crippen molar-refractivity contribution < 1.29 is 9.53 Å². The molecule has 2 N–H and O–H groups in total. The van der Waals surface area contributed by atoms with Crippen molar-refractivity contribution in [1.29, 1.82) is 0 Å². The van der Waals surface area contributed by atoms with Gasteiger partial charge in [-0.15, -0.1) is 0 Å². The minimum absolute atomic E-state index is 0.154. The maximum Gasteiger partial charge on any atom is 0.320 e. The van der Waals surface area contributed by atoms with Crippen molar-refractivity contribution >= 4 is 11.7 Å². The van der Waals surface area contributed by atoms with E-state index in [-0.39, 0.29) is 5.97 Å². The monoisotopic (exact) mass is 248 g/mol. The van der Waals surface area contributed by atoms with Crippen LogP contribution in [0.5, 0.6) is 0 Å². The highest BCUT2D eigenvalue weighted by Gasteiger charge is 2.30. The number of rotatable bonds is 6. The number of esters is 1. The molecule has 1 saturated carbocycles. The Balaban J connectivity index is 1.98. The second-order valence-corrected chi connectivity index (χ2v) is 4.64. The van der Waals surface area contributed by atoms with Gasteiger partial charge < -0.3 is 10.5 Å². The van der Waals surface area contributed by atoms with Gasteiger partial charge in [0.25, 0.3) is 0 Å². The third kappa shape index (κ3) is 3.47. The lowest BCUT2D eigenvalue weighted by Gasteiger charge is -2.21. The van der Waals surface area contributed by atoms with Gasteiger partial charge in [-0.3, -0.25) is 9.69 Å². The number of anilines is 1. The molecule has 0 aliphatic heterocycles. The van der Waals surface area contributed by atoms with E-state index in [9.17, 15) is 4.79 Å². The molecule has 0 spiro atoms. The average Bonchev–Trinajstić information content (AvgIpc) is 3.15. The molecule has 0 heterocycles. The smallest absolute Gasteiger partial charge is 0.320 e. The van der Waals surface area contributed by atoms with Crippen LogP contribution in [-0.4, -0.2) is 30.1 Å². The van der Waals surface area contributed by atoms with Crippen LogP contribution in [0, 0.1) is 0 Å². The Labute approximate surface area is 108 Å². The van der Waals surface area contributed by atoms with E-state index in [1.54, 1.807) is 0 Å². The highest BCUT2D eigenvalue weighted by atomic mass is 16.5. The summed E-state index contributed by atoms with van der Waals surface area (Å²) in [7, 11) is 0. The summed E-state index contributed by atoms with van der Waals surface area (Å²) in [6, 6.07) is 8.31. The van der Waals surface area contributed by atoms with Gasteiger partial charge in [-0.1, -0.05) is 18.2 Å². The third-order valence-corrected chi connectivity index (χ3v) is 3.13. The van der Waals surface area contributed by atoms with Crippen molar-refractivity contribution in [1.82, 2.24) is 4.90 Å². The van der Waals surface area contributed by atoms with Gasteiger partial charge in [0.2, 0.25) is 0 Å². The fourth-order valence-electron chi connectivity index (χ4n) is 2.02. The highest BCUT2D eigenvalue weighted by molar-refractivity contribution is 5.71. The van der Waals surface area contributed by atoms with Gasteiger partial charge in [0.1, 0.15) is 0 Å². The van der Waals surface area contributed by atoms with Crippen molar-refractivity contribution in [2.24, 2.45) is 0 Å². The summed E-state index contributed by atoms with van der Waals surface area (Å²) in [5.74, 6) is -0.154. The van der Waals surface area contributed by atoms with Crippen LogP contribution >= 0.6 is 0 Å². The molecule has 1 aromatic carbocycles. The Kier molecular flexibility index (Phi) is 4.20. The Morgan fingerprint density at radius 3 is 2.78 bits per heavy atom. The number of hydrogen-bond donors (Lipinski definition) is 1. The van der Waals surface area contributed by atoms with Gasteiger partial charge in [0.05, 0.1) is 13.2 Å². The molecule has 18 heavy (non-hydrogen) atoms. The first kappa shape index (κ1) is 12.9. The van der Waals surface area contributed by atoms with Gasteiger partial charge in [-0.25, -0.2) is 0 Å². The Morgan fingerprint density at radius 2 is 2.17 bits per heavy atom. The fourth-order valence-corrected chi connectivity index (χ4v) is 2.02. The lowest BCUT2D eigenvalue weighted by molar-refractivity contribution is -0.144. The number of nitrogens with two attached hydrogens (primary N) is 1. The normalized spacial score (nSPS) is 14.8. The summed E-state index contributed by atoms with van der Waals surface area (Å²) in [6.45, 7) is 3.34. The number of carbonyl (C=O) groups is 1.